The van der Waals surface area contributed by atoms with Gasteiger partial charge in [0.2, 0.25) is 5.91 Å². The van der Waals surface area contributed by atoms with Crippen molar-refractivity contribution < 1.29 is 9.59 Å². The van der Waals surface area contributed by atoms with Crippen molar-refractivity contribution in [3.63, 3.8) is 0 Å². The molecule has 3 N–H and O–H groups in total. The van der Waals surface area contributed by atoms with Crippen molar-refractivity contribution in [2.24, 2.45) is 11.7 Å². The van der Waals surface area contributed by atoms with Crippen molar-refractivity contribution in [2.75, 3.05) is 5.32 Å². The lowest BCUT2D eigenvalue weighted by Crippen LogP contribution is -2.22. The highest BCUT2D eigenvalue weighted by Crippen LogP contribution is 2.11. The lowest BCUT2D eigenvalue weighted by Gasteiger charge is -2.08. The molecule has 1 heterocycles. The van der Waals surface area contributed by atoms with Gasteiger partial charge in [-0.1, -0.05) is 13.8 Å². The molecular weight excluding hydrogens is 194 g/mol. The molecule has 80 valence electrons. The molecule has 0 aromatic carbocycles. The lowest BCUT2D eigenvalue weighted by atomic mass is 10.2. The fourth-order valence-electron chi connectivity index (χ4n) is 0.965. The number of amides is 2. The van der Waals surface area contributed by atoms with Crippen LogP contribution in [0.25, 0.3) is 0 Å². The summed E-state index contributed by atoms with van der Waals surface area (Å²) >= 11 is 0. The third-order valence-corrected chi connectivity index (χ3v) is 1.84. The van der Waals surface area contributed by atoms with E-state index in [2.05, 4.69) is 10.3 Å². The van der Waals surface area contributed by atoms with Gasteiger partial charge in [0.15, 0.2) is 0 Å². The lowest BCUT2D eigenvalue weighted by molar-refractivity contribution is -0.118. The van der Waals surface area contributed by atoms with Crippen molar-refractivity contribution in [1.29, 1.82) is 0 Å². The molecule has 0 aliphatic heterocycles. The summed E-state index contributed by atoms with van der Waals surface area (Å²) < 4.78 is 0. The molecule has 0 saturated carbocycles. The zero-order valence-corrected chi connectivity index (χ0v) is 8.65. The molecule has 1 aromatic heterocycles. The van der Waals surface area contributed by atoms with Crippen LogP contribution in [0.4, 0.5) is 5.82 Å². The number of rotatable bonds is 3. The van der Waals surface area contributed by atoms with E-state index in [0.717, 1.165) is 0 Å². The third-order valence-electron chi connectivity index (χ3n) is 1.84. The van der Waals surface area contributed by atoms with E-state index in [1.807, 2.05) is 0 Å². The maximum absolute atomic E-state index is 11.4. The molecule has 0 aliphatic rings. The summed E-state index contributed by atoms with van der Waals surface area (Å²) in [5.74, 6) is -0.769. The smallest absolute Gasteiger partial charge is 0.252 e. The molecule has 0 spiro atoms. The first-order valence-corrected chi connectivity index (χ1v) is 4.58. The standard InChI is InChI=1S/C10H13N3O2/c1-6(2)10(15)13-9-7(8(11)14)4-3-5-12-9/h3-6H,1-2H3,(H2,11,14)(H,12,13,15). The summed E-state index contributed by atoms with van der Waals surface area (Å²) in [7, 11) is 0. The van der Waals surface area contributed by atoms with E-state index in [0.29, 0.717) is 0 Å². The highest BCUT2D eigenvalue weighted by molar-refractivity contribution is 6.02. The number of nitrogens with two attached hydrogens (primary N) is 1. The van der Waals surface area contributed by atoms with E-state index in [1.54, 1.807) is 19.9 Å². The quantitative estimate of drug-likeness (QED) is 0.767. The molecule has 0 unspecified atom stereocenters. The van der Waals surface area contributed by atoms with Crippen molar-refractivity contribution in [3.8, 4) is 0 Å². The summed E-state index contributed by atoms with van der Waals surface area (Å²) in [6.07, 6.45) is 1.49. The van der Waals surface area contributed by atoms with Crippen LogP contribution < -0.4 is 11.1 Å². The van der Waals surface area contributed by atoms with Crippen molar-refractivity contribution in [2.45, 2.75) is 13.8 Å². The predicted octanol–water partition coefficient (Wildman–Crippen LogP) is 0.775. The molecule has 0 atom stereocenters. The number of aromatic nitrogens is 1. The topological polar surface area (TPSA) is 85.1 Å². The number of carbonyl (C=O) groups excluding carboxylic acids is 2. The zero-order chi connectivity index (χ0) is 11.4. The summed E-state index contributed by atoms with van der Waals surface area (Å²) in [5.41, 5.74) is 5.35. The van der Waals surface area contributed by atoms with E-state index in [9.17, 15) is 9.59 Å². The van der Waals surface area contributed by atoms with Crippen LogP contribution in [0.2, 0.25) is 0 Å². The monoisotopic (exact) mass is 207 g/mol. The van der Waals surface area contributed by atoms with Gasteiger partial charge in [-0.3, -0.25) is 9.59 Å². The average molecular weight is 207 g/mol. The van der Waals surface area contributed by atoms with Gasteiger partial charge >= 0.3 is 0 Å². The molecule has 5 heteroatoms. The molecule has 5 nitrogen and oxygen atoms in total. The first-order valence-electron chi connectivity index (χ1n) is 4.58. The molecule has 15 heavy (non-hydrogen) atoms. The highest BCUT2D eigenvalue weighted by Gasteiger charge is 2.13. The van der Waals surface area contributed by atoms with E-state index in [-0.39, 0.29) is 23.2 Å². The first kappa shape index (κ1) is 11.2. The van der Waals surface area contributed by atoms with Crippen LogP contribution in [0.1, 0.15) is 24.2 Å². The van der Waals surface area contributed by atoms with Gasteiger partial charge in [0.1, 0.15) is 5.82 Å². The fourth-order valence-corrected chi connectivity index (χ4v) is 0.965. The number of nitrogens with zero attached hydrogens (tertiary/aromatic N) is 1. The number of anilines is 1. The number of nitrogens with one attached hydrogen (secondary N) is 1. The minimum atomic E-state index is -0.609. The zero-order valence-electron chi connectivity index (χ0n) is 8.65. The molecule has 1 rings (SSSR count). The second-order valence-corrected chi connectivity index (χ2v) is 3.41. The van der Waals surface area contributed by atoms with Crippen LogP contribution in [-0.4, -0.2) is 16.8 Å². The Morgan fingerprint density at radius 3 is 2.67 bits per heavy atom. The molecule has 0 radical (unpaired) electrons. The minimum absolute atomic E-state index is 0.173. The second-order valence-electron chi connectivity index (χ2n) is 3.41. The van der Waals surface area contributed by atoms with Gasteiger partial charge in [-0.25, -0.2) is 4.98 Å². The number of primary amides is 1. The van der Waals surface area contributed by atoms with Crippen LogP contribution in [0.5, 0.6) is 0 Å². The van der Waals surface area contributed by atoms with Gasteiger partial charge in [0.25, 0.3) is 5.91 Å². The van der Waals surface area contributed by atoms with Crippen LogP contribution in [-0.2, 0) is 4.79 Å². The predicted molar refractivity (Wildman–Crippen MR) is 56.2 cm³/mol. The van der Waals surface area contributed by atoms with Crippen LogP contribution >= 0.6 is 0 Å². The minimum Gasteiger partial charge on any atom is -0.365 e. The molecule has 0 aliphatic carbocycles. The molecule has 0 fully saturated rings. The Morgan fingerprint density at radius 1 is 1.47 bits per heavy atom. The van der Waals surface area contributed by atoms with Crippen LogP contribution in [0, 0.1) is 5.92 Å². The average Bonchev–Trinajstić information content (AvgIpc) is 2.18. The van der Waals surface area contributed by atoms with Gasteiger partial charge in [0, 0.05) is 12.1 Å². The van der Waals surface area contributed by atoms with Gasteiger partial charge in [-0.05, 0) is 12.1 Å². The van der Waals surface area contributed by atoms with E-state index >= 15 is 0 Å². The number of hydrogen-bond acceptors (Lipinski definition) is 3. The fraction of sp³-hybridized carbons (Fsp3) is 0.300. The molecule has 0 saturated heterocycles. The summed E-state index contributed by atoms with van der Waals surface area (Å²) in [6, 6.07) is 3.11. The Hall–Kier alpha value is -1.91. The van der Waals surface area contributed by atoms with Crippen LogP contribution in [0.15, 0.2) is 18.3 Å². The highest BCUT2D eigenvalue weighted by atomic mass is 16.2. The van der Waals surface area contributed by atoms with Gasteiger partial charge in [-0.15, -0.1) is 0 Å². The van der Waals surface area contributed by atoms with E-state index < -0.39 is 5.91 Å². The maximum atomic E-state index is 11.4. The maximum Gasteiger partial charge on any atom is 0.252 e. The largest absolute Gasteiger partial charge is 0.365 e. The summed E-state index contributed by atoms with van der Waals surface area (Å²) in [4.78, 5) is 26.3. The van der Waals surface area contributed by atoms with Crippen molar-refractivity contribution >= 4 is 17.6 Å². The van der Waals surface area contributed by atoms with Gasteiger partial charge in [-0.2, -0.15) is 0 Å². The Morgan fingerprint density at radius 2 is 2.13 bits per heavy atom. The first-order chi connectivity index (χ1) is 7.02. The van der Waals surface area contributed by atoms with E-state index in [4.69, 9.17) is 5.73 Å². The Kier molecular flexibility index (Phi) is 3.38. The van der Waals surface area contributed by atoms with Crippen molar-refractivity contribution in [3.05, 3.63) is 23.9 Å². The number of pyridine rings is 1. The summed E-state index contributed by atoms with van der Waals surface area (Å²) in [5, 5.41) is 2.54. The summed E-state index contributed by atoms with van der Waals surface area (Å²) in [6.45, 7) is 3.50. The molecule has 2 amide bonds. The SMILES string of the molecule is CC(C)C(=O)Nc1ncccc1C(N)=O. The number of carbonyl (C=O) groups is 2. The molecular formula is C10H13N3O2. The number of hydrogen-bond donors (Lipinski definition) is 2. The Balaban J connectivity index is 2.94. The second kappa shape index (κ2) is 4.54. The van der Waals surface area contributed by atoms with E-state index in [1.165, 1.54) is 12.3 Å². The Labute approximate surface area is 87.7 Å². The molecule has 1 aromatic rings. The van der Waals surface area contributed by atoms with Gasteiger partial charge < -0.3 is 11.1 Å². The Bertz CT molecular complexity index is 388. The van der Waals surface area contributed by atoms with Crippen molar-refractivity contribution in [1.82, 2.24) is 4.98 Å². The normalized spacial score (nSPS) is 10.1. The molecule has 0 bridgehead atoms. The van der Waals surface area contributed by atoms with Gasteiger partial charge in [0.05, 0.1) is 5.56 Å². The third kappa shape index (κ3) is 2.77. The van der Waals surface area contributed by atoms with Crippen LogP contribution in [0.3, 0.4) is 0 Å².